The molecular formula is C13H22N4O2. The second-order valence-electron chi connectivity index (χ2n) is 4.91. The van der Waals surface area contributed by atoms with E-state index in [9.17, 15) is 10.1 Å². The van der Waals surface area contributed by atoms with Gasteiger partial charge < -0.3 is 15.5 Å². The van der Waals surface area contributed by atoms with E-state index >= 15 is 0 Å². The quantitative estimate of drug-likeness (QED) is 0.585. The van der Waals surface area contributed by atoms with E-state index in [4.69, 9.17) is 0 Å². The fourth-order valence-electron chi connectivity index (χ4n) is 1.75. The van der Waals surface area contributed by atoms with Crippen molar-refractivity contribution in [3.05, 3.63) is 28.3 Å². The van der Waals surface area contributed by atoms with E-state index in [0.29, 0.717) is 0 Å². The predicted octanol–water partition coefficient (Wildman–Crippen LogP) is 2.39. The fourth-order valence-corrected chi connectivity index (χ4v) is 1.75. The van der Waals surface area contributed by atoms with Crippen LogP contribution in [-0.2, 0) is 0 Å². The Bertz CT molecular complexity index is 435. The van der Waals surface area contributed by atoms with Crippen molar-refractivity contribution in [3.63, 3.8) is 0 Å². The number of hydrogen-bond acceptors (Lipinski definition) is 5. The Kier molecular flexibility index (Phi) is 5.57. The first-order valence-corrected chi connectivity index (χ1v) is 6.31. The van der Waals surface area contributed by atoms with Crippen LogP contribution in [0.3, 0.4) is 0 Å². The summed E-state index contributed by atoms with van der Waals surface area (Å²) in [7, 11) is 5.80. The highest BCUT2D eigenvalue weighted by Gasteiger charge is 2.11. The summed E-state index contributed by atoms with van der Waals surface area (Å²) in [6, 6.07) is 5.22. The predicted molar refractivity (Wildman–Crippen MR) is 78.9 cm³/mol. The standard InChI is InChI=1S/C13H22N4O2/c1-10(5-6-16(3)4)15-12-7-11(14-2)8-13(9-12)17(18)19/h7-10,14-15H,5-6H2,1-4H3. The lowest BCUT2D eigenvalue weighted by Crippen LogP contribution is -2.23. The van der Waals surface area contributed by atoms with E-state index in [0.717, 1.165) is 24.3 Å². The molecule has 19 heavy (non-hydrogen) atoms. The fraction of sp³-hybridized carbons (Fsp3) is 0.538. The Morgan fingerprint density at radius 2 is 1.95 bits per heavy atom. The van der Waals surface area contributed by atoms with Gasteiger partial charge in [0.1, 0.15) is 0 Å². The van der Waals surface area contributed by atoms with Gasteiger partial charge in [-0.2, -0.15) is 0 Å². The lowest BCUT2D eigenvalue weighted by Gasteiger charge is -2.18. The van der Waals surface area contributed by atoms with Gasteiger partial charge >= 0.3 is 0 Å². The molecule has 106 valence electrons. The van der Waals surface area contributed by atoms with E-state index < -0.39 is 0 Å². The first-order chi connectivity index (χ1) is 8.92. The molecule has 0 aliphatic rings. The molecule has 0 saturated carbocycles. The number of hydrogen-bond donors (Lipinski definition) is 2. The highest BCUT2D eigenvalue weighted by atomic mass is 16.6. The number of nitrogens with one attached hydrogen (secondary N) is 2. The second-order valence-corrected chi connectivity index (χ2v) is 4.91. The monoisotopic (exact) mass is 266 g/mol. The van der Waals surface area contributed by atoms with Crippen molar-refractivity contribution >= 4 is 17.1 Å². The molecule has 1 aromatic carbocycles. The molecule has 0 aliphatic heterocycles. The third kappa shape index (κ3) is 5.13. The molecule has 0 saturated heterocycles. The van der Waals surface area contributed by atoms with Gasteiger partial charge in [0.05, 0.1) is 4.92 Å². The molecule has 6 heteroatoms. The molecule has 0 aliphatic carbocycles. The van der Waals surface area contributed by atoms with Gasteiger partial charge in [-0.25, -0.2) is 0 Å². The summed E-state index contributed by atoms with van der Waals surface area (Å²) in [5.41, 5.74) is 1.59. The average Bonchev–Trinajstić information content (AvgIpc) is 2.35. The van der Waals surface area contributed by atoms with Crippen molar-refractivity contribution in [1.29, 1.82) is 0 Å². The van der Waals surface area contributed by atoms with Gasteiger partial charge in [0.2, 0.25) is 0 Å². The van der Waals surface area contributed by atoms with E-state index in [1.807, 2.05) is 20.2 Å². The number of non-ortho nitro benzene ring substituents is 1. The lowest BCUT2D eigenvalue weighted by atomic mass is 10.2. The maximum absolute atomic E-state index is 10.9. The number of benzene rings is 1. The van der Waals surface area contributed by atoms with Crippen LogP contribution in [-0.4, -0.2) is 43.6 Å². The zero-order chi connectivity index (χ0) is 14.4. The molecule has 1 unspecified atom stereocenters. The third-order valence-corrected chi connectivity index (χ3v) is 2.84. The maximum atomic E-state index is 10.9. The van der Waals surface area contributed by atoms with Gasteiger partial charge in [0.15, 0.2) is 0 Å². The number of rotatable bonds is 7. The van der Waals surface area contributed by atoms with E-state index in [2.05, 4.69) is 22.5 Å². The molecule has 0 aromatic heterocycles. The van der Waals surface area contributed by atoms with Gasteiger partial charge in [-0.05, 0) is 40.1 Å². The largest absolute Gasteiger partial charge is 0.388 e. The van der Waals surface area contributed by atoms with Crippen LogP contribution in [0.15, 0.2) is 18.2 Å². The van der Waals surface area contributed by atoms with Crippen LogP contribution in [0.1, 0.15) is 13.3 Å². The summed E-state index contributed by atoms with van der Waals surface area (Å²) in [6.07, 6.45) is 0.977. The van der Waals surface area contributed by atoms with Crippen molar-refractivity contribution in [3.8, 4) is 0 Å². The number of anilines is 2. The van der Waals surface area contributed by atoms with Crippen LogP contribution >= 0.6 is 0 Å². The molecule has 0 radical (unpaired) electrons. The minimum Gasteiger partial charge on any atom is -0.388 e. The molecule has 0 bridgehead atoms. The molecule has 1 aromatic rings. The van der Waals surface area contributed by atoms with Gasteiger partial charge in [-0.3, -0.25) is 10.1 Å². The first kappa shape index (κ1) is 15.2. The summed E-state index contributed by atoms with van der Waals surface area (Å²) in [6.45, 7) is 3.04. The van der Waals surface area contributed by atoms with Crippen LogP contribution in [0.4, 0.5) is 17.1 Å². The topological polar surface area (TPSA) is 70.4 Å². The summed E-state index contributed by atoms with van der Waals surface area (Å²) in [5.74, 6) is 0. The Morgan fingerprint density at radius 3 is 2.47 bits per heavy atom. The van der Waals surface area contributed by atoms with E-state index in [1.54, 1.807) is 13.1 Å². The minimum atomic E-state index is -0.378. The molecular weight excluding hydrogens is 244 g/mol. The van der Waals surface area contributed by atoms with Crippen molar-refractivity contribution in [2.45, 2.75) is 19.4 Å². The van der Waals surface area contributed by atoms with Crippen molar-refractivity contribution in [2.24, 2.45) is 0 Å². The highest BCUT2D eigenvalue weighted by Crippen LogP contribution is 2.24. The number of nitrogens with zero attached hydrogens (tertiary/aromatic N) is 2. The molecule has 0 amide bonds. The molecule has 1 rings (SSSR count). The molecule has 0 spiro atoms. The maximum Gasteiger partial charge on any atom is 0.273 e. The van der Waals surface area contributed by atoms with Crippen LogP contribution in [0.5, 0.6) is 0 Å². The average molecular weight is 266 g/mol. The highest BCUT2D eigenvalue weighted by molar-refractivity contribution is 5.63. The number of nitro groups is 1. The Balaban J connectivity index is 2.76. The molecule has 1 atom stereocenters. The minimum absolute atomic E-state index is 0.0918. The Morgan fingerprint density at radius 1 is 1.32 bits per heavy atom. The van der Waals surface area contributed by atoms with E-state index in [-0.39, 0.29) is 16.7 Å². The normalized spacial score (nSPS) is 12.3. The summed E-state index contributed by atoms with van der Waals surface area (Å²) >= 11 is 0. The second kappa shape index (κ2) is 6.94. The van der Waals surface area contributed by atoms with Crippen molar-refractivity contribution < 1.29 is 4.92 Å². The zero-order valence-corrected chi connectivity index (χ0v) is 11.9. The van der Waals surface area contributed by atoms with Crippen LogP contribution in [0.2, 0.25) is 0 Å². The number of nitro benzene ring substituents is 1. The summed E-state index contributed by atoms with van der Waals surface area (Å²) < 4.78 is 0. The van der Waals surface area contributed by atoms with E-state index in [1.165, 1.54) is 6.07 Å². The third-order valence-electron chi connectivity index (χ3n) is 2.84. The Labute approximate surface area is 113 Å². The first-order valence-electron chi connectivity index (χ1n) is 6.31. The van der Waals surface area contributed by atoms with Crippen LogP contribution in [0.25, 0.3) is 0 Å². The smallest absolute Gasteiger partial charge is 0.273 e. The van der Waals surface area contributed by atoms with Gasteiger partial charge in [-0.15, -0.1) is 0 Å². The molecule has 2 N–H and O–H groups in total. The van der Waals surface area contributed by atoms with Crippen LogP contribution in [0, 0.1) is 10.1 Å². The molecule has 6 nitrogen and oxygen atoms in total. The van der Waals surface area contributed by atoms with Crippen LogP contribution < -0.4 is 10.6 Å². The molecule has 0 heterocycles. The molecule has 0 fully saturated rings. The van der Waals surface area contributed by atoms with Gasteiger partial charge in [0.25, 0.3) is 5.69 Å². The summed E-state index contributed by atoms with van der Waals surface area (Å²) in [5, 5.41) is 17.1. The van der Waals surface area contributed by atoms with Crippen molar-refractivity contribution in [1.82, 2.24) is 4.90 Å². The van der Waals surface area contributed by atoms with Gasteiger partial charge in [-0.1, -0.05) is 0 Å². The summed E-state index contributed by atoms with van der Waals surface area (Å²) in [4.78, 5) is 12.6. The van der Waals surface area contributed by atoms with Gasteiger partial charge in [0, 0.05) is 36.6 Å². The van der Waals surface area contributed by atoms with Crippen molar-refractivity contribution in [2.75, 3.05) is 38.3 Å². The SMILES string of the molecule is CNc1cc(NC(C)CCN(C)C)cc([N+](=O)[O-])c1. The lowest BCUT2D eigenvalue weighted by molar-refractivity contribution is -0.384. The zero-order valence-electron chi connectivity index (χ0n) is 11.9. The Hall–Kier alpha value is -1.82.